The molecule has 8 heteroatoms. The van der Waals surface area contributed by atoms with Gasteiger partial charge in [-0.2, -0.15) is 0 Å². The van der Waals surface area contributed by atoms with Gasteiger partial charge >= 0.3 is 5.97 Å². The van der Waals surface area contributed by atoms with Crippen LogP contribution in [0.1, 0.15) is 32.3 Å². The second-order valence-corrected chi connectivity index (χ2v) is 6.16. The number of carboxylic acid groups (broad SMARTS) is 1. The highest BCUT2D eigenvalue weighted by molar-refractivity contribution is 6.42. The van der Waals surface area contributed by atoms with Gasteiger partial charge in [-0.25, -0.2) is 4.79 Å². The summed E-state index contributed by atoms with van der Waals surface area (Å²) in [6, 6.07) is 3.06. The van der Waals surface area contributed by atoms with E-state index in [-0.39, 0.29) is 23.5 Å². The van der Waals surface area contributed by atoms with E-state index in [1.54, 1.807) is 6.07 Å². The molecular formula is C16H19Cl2NO5. The number of nitrogens with zero attached hydrogens (tertiary/aromatic N) is 1. The second-order valence-electron chi connectivity index (χ2n) is 5.35. The normalized spacial score (nSPS) is 18.0. The van der Waals surface area contributed by atoms with Gasteiger partial charge in [-0.1, -0.05) is 41.7 Å². The molecule has 0 spiro atoms. The van der Waals surface area contributed by atoms with Gasteiger partial charge in [0.15, 0.2) is 6.10 Å². The molecule has 0 radical (unpaired) electrons. The van der Waals surface area contributed by atoms with Crippen LogP contribution in [0.4, 0.5) is 0 Å². The average Bonchev–Trinajstić information content (AvgIpc) is 2.99. The van der Waals surface area contributed by atoms with Crippen LogP contribution in [0.5, 0.6) is 5.75 Å². The first-order chi connectivity index (χ1) is 11.4. The molecule has 2 rings (SSSR count). The summed E-state index contributed by atoms with van der Waals surface area (Å²) in [7, 11) is 0. The van der Waals surface area contributed by atoms with E-state index in [2.05, 4.69) is 12.1 Å². The number of rotatable bonds is 8. The number of halogens is 2. The first-order valence-corrected chi connectivity index (χ1v) is 8.40. The quantitative estimate of drug-likeness (QED) is 0.699. The van der Waals surface area contributed by atoms with E-state index in [1.165, 1.54) is 13.0 Å². The lowest BCUT2D eigenvalue weighted by Gasteiger charge is -2.18. The fourth-order valence-electron chi connectivity index (χ4n) is 2.10. The molecule has 6 nitrogen and oxygen atoms in total. The summed E-state index contributed by atoms with van der Waals surface area (Å²) < 4.78 is 11.3. The van der Waals surface area contributed by atoms with Crippen LogP contribution in [0.3, 0.4) is 0 Å². The molecule has 1 heterocycles. The average molecular weight is 376 g/mol. The minimum absolute atomic E-state index is 0.260. The highest BCUT2D eigenvalue weighted by atomic mass is 35.5. The van der Waals surface area contributed by atoms with Crippen molar-refractivity contribution in [2.75, 3.05) is 13.2 Å². The van der Waals surface area contributed by atoms with Gasteiger partial charge in [-0.05, 0) is 19.4 Å². The van der Waals surface area contributed by atoms with Crippen molar-refractivity contribution in [1.29, 1.82) is 0 Å². The van der Waals surface area contributed by atoms with E-state index >= 15 is 0 Å². The zero-order chi connectivity index (χ0) is 17.7. The summed E-state index contributed by atoms with van der Waals surface area (Å²) >= 11 is 12.1. The van der Waals surface area contributed by atoms with Crippen LogP contribution >= 0.6 is 23.2 Å². The molecule has 0 bridgehead atoms. The molecule has 2 unspecified atom stereocenters. The maximum atomic E-state index is 11.1. The van der Waals surface area contributed by atoms with Gasteiger partial charge in [0.2, 0.25) is 0 Å². The number of hydrogen-bond acceptors (Lipinski definition) is 5. The molecular weight excluding hydrogens is 357 g/mol. The van der Waals surface area contributed by atoms with Crippen molar-refractivity contribution in [3.8, 4) is 5.75 Å². The van der Waals surface area contributed by atoms with Crippen LogP contribution in [-0.2, 0) is 14.4 Å². The summed E-state index contributed by atoms with van der Waals surface area (Å²) in [5.74, 6) is -0.819. The molecule has 132 valence electrons. The molecule has 1 aliphatic rings. The maximum Gasteiger partial charge on any atom is 0.344 e. The molecule has 0 fully saturated rings. The molecule has 24 heavy (non-hydrogen) atoms. The van der Waals surface area contributed by atoms with Gasteiger partial charge in [0, 0.05) is 18.2 Å². The Morgan fingerprint density at radius 3 is 2.83 bits per heavy atom. The number of oxime groups is 1. The smallest absolute Gasteiger partial charge is 0.344 e. The molecule has 0 saturated carbocycles. The molecule has 0 saturated heterocycles. The fourth-order valence-corrected chi connectivity index (χ4v) is 2.42. The maximum absolute atomic E-state index is 11.1. The van der Waals surface area contributed by atoms with E-state index in [1.807, 2.05) is 0 Å². The highest BCUT2D eigenvalue weighted by Gasteiger charge is 2.29. The number of carbonyl (C=O) groups is 1. The minimum atomic E-state index is -1.09. The molecule has 1 aliphatic heterocycles. The Balaban J connectivity index is 2.30. The third-order valence-corrected chi connectivity index (χ3v) is 4.18. The lowest BCUT2D eigenvalue weighted by Crippen LogP contribution is -2.28. The van der Waals surface area contributed by atoms with E-state index in [4.69, 9.17) is 42.6 Å². The molecule has 1 N–H and O–H groups in total. The predicted octanol–water partition coefficient (Wildman–Crippen LogP) is 3.76. The van der Waals surface area contributed by atoms with Crippen LogP contribution in [-0.4, -0.2) is 42.2 Å². The van der Waals surface area contributed by atoms with Crippen LogP contribution < -0.4 is 4.74 Å². The van der Waals surface area contributed by atoms with Gasteiger partial charge in [-0.3, -0.25) is 0 Å². The zero-order valence-corrected chi connectivity index (χ0v) is 14.9. The van der Waals surface area contributed by atoms with Gasteiger partial charge in [-0.15, -0.1) is 0 Å². The molecule has 0 aliphatic carbocycles. The second kappa shape index (κ2) is 8.55. The standard InChI is InChI=1S/C16H19Cl2NO5/c1-3-4-5-22-14-8-23-19-15(14)10-6-11(17)12(18)7-13(10)24-9(2)16(20)21/h6-7,9,14H,3-5,8H2,1-2H3,(H,20,21). The Bertz CT molecular complexity index is 635. The molecule has 0 amide bonds. The Morgan fingerprint density at radius 1 is 1.46 bits per heavy atom. The summed E-state index contributed by atoms with van der Waals surface area (Å²) in [5, 5.41) is 13.6. The van der Waals surface area contributed by atoms with Crippen molar-refractivity contribution in [2.24, 2.45) is 5.16 Å². The number of hydrogen-bond donors (Lipinski definition) is 1. The van der Waals surface area contributed by atoms with Crippen molar-refractivity contribution in [3.05, 3.63) is 27.7 Å². The summed E-state index contributed by atoms with van der Waals surface area (Å²) in [4.78, 5) is 16.2. The van der Waals surface area contributed by atoms with Crippen LogP contribution in [0, 0.1) is 0 Å². The van der Waals surface area contributed by atoms with E-state index in [9.17, 15) is 4.79 Å². The van der Waals surface area contributed by atoms with E-state index in [0.717, 1.165) is 12.8 Å². The van der Waals surface area contributed by atoms with Crippen molar-refractivity contribution in [1.82, 2.24) is 0 Å². The summed E-state index contributed by atoms with van der Waals surface area (Å²) in [5.41, 5.74) is 1.02. The molecule has 0 aromatic heterocycles. The van der Waals surface area contributed by atoms with Crippen molar-refractivity contribution in [2.45, 2.75) is 38.9 Å². The van der Waals surface area contributed by atoms with Crippen LogP contribution in [0.25, 0.3) is 0 Å². The fraction of sp³-hybridized carbons (Fsp3) is 0.500. The number of carboxylic acids is 1. The number of unbranched alkanes of at least 4 members (excludes halogenated alkanes) is 1. The molecule has 2 atom stereocenters. The zero-order valence-electron chi connectivity index (χ0n) is 13.4. The van der Waals surface area contributed by atoms with E-state index in [0.29, 0.717) is 22.9 Å². The lowest BCUT2D eigenvalue weighted by atomic mass is 10.0. The molecule has 1 aromatic rings. The Morgan fingerprint density at radius 2 is 2.17 bits per heavy atom. The number of aliphatic carboxylic acids is 1. The van der Waals surface area contributed by atoms with Crippen molar-refractivity contribution >= 4 is 34.9 Å². The predicted molar refractivity (Wildman–Crippen MR) is 91.3 cm³/mol. The Kier molecular flexibility index (Phi) is 6.71. The number of ether oxygens (including phenoxy) is 2. The number of benzene rings is 1. The summed E-state index contributed by atoms with van der Waals surface area (Å²) in [6.07, 6.45) is 0.515. The lowest BCUT2D eigenvalue weighted by molar-refractivity contribution is -0.144. The van der Waals surface area contributed by atoms with E-state index < -0.39 is 12.1 Å². The first kappa shape index (κ1) is 18.8. The third kappa shape index (κ3) is 4.53. The Labute approximate surface area is 150 Å². The molecule has 1 aromatic carbocycles. The Hall–Kier alpha value is -1.50. The SMILES string of the molecule is CCCCOC1CON=C1c1cc(Cl)c(Cl)cc1OC(C)C(=O)O. The topological polar surface area (TPSA) is 77.3 Å². The van der Waals surface area contributed by atoms with Gasteiger partial charge in [0.1, 0.15) is 24.2 Å². The van der Waals surface area contributed by atoms with Gasteiger partial charge in [0.05, 0.1) is 10.0 Å². The van der Waals surface area contributed by atoms with Gasteiger partial charge < -0.3 is 19.4 Å². The third-order valence-electron chi connectivity index (χ3n) is 3.46. The first-order valence-electron chi connectivity index (χ1n) is 7.64. The largest absolute Gasteiger partial charge is 0.479 e. The highest BCUT2D eigenvalue weighted by Crippen LogP contribution is 2.33. The van der Waals surface area contributed by atoms with Crippen LogP contribution in [0.2, 0.25) is 10.0 Å². The van der Waals surface area contributed by atoms with Crippen LogP contribution in [0.15, 0.2) is 17.3 Å². The van der Waals surface area contributed by atoms with Crippen molar-refractivity contribution < 1.29 is 24.2 Å². The van der Waals surface area contributed by atoms with Gasteiger partial charge in [0.25, 0.3) is 0 Å². The van der Waals surface area contributed by atoms with Crippen molar-refractivity contribution in [3.63, 3.8) is 0 Å². The monoisotopic (exact) mass is 375 g/mol. The minimum Gasteiger partial charge on any atom is -0.479 e. The summed E-state index contributed by atoms with van der Waals surface area (Å²) in [6.45, 7) is 4.36.